The summed E-state index contributed by atoms with van der Waals surface area (Å²) in [6.07, 6.45) is 0.790. The van der Waals surface area contributed by atoms with Crippen molar-refractivity contribution in [1.82, 2.24) is 0 Å². The van der Waals surface area contributed by atoms with E-state index in [2.05, 4.69) is 0 Å². The van der Waals surface area contributed by atoms with Crippen molar-refractivity contribution in [2.75, 3.05) is 13.2 Å². The Morgan fingerprint density at radius 1 is 0.952 bits per heavy atom. The first kappa shape index (κ1) is 13.8. The Morgan fingerprint density at radius 3 is 2.33 bits per heavy atom. The standard InChI is InChI=1S/C16H15F2NO2/c17-11-3-1-4-12(18)15(11)16(19)10-5-6-13-14(9-10)21-8-2-7-20-13/h1,3-6,9,16H,2,7-8,19H2. The molecule has 5 heteroatoms. The van der Waals surface area contributed by atoms with Gasteiger partial charge in [0.05, 0.1) is 19.3 Å². The number of hydrogen-bond donors (Lipinski definition) is 1. The number of ether oxygens (including phenoxy) is 2. The molecule has 2 aromatic rings. The molecule has 110 valence electrons. The van der Waals surface area contributed by atoms with E-state index in [0.717, 1.165) is 6.42 Å². The minimum Gasteiger partial charge on any atom is -0.490 e. The van der Waals surface area contributed by atoms with Crippen LogP contribution in [0.3, 0.4) is 0 Å². The average Bonchev–Trinajstić information content (AvgIpc) is 2.71. The van der Waals surface area contributed by atoms with Crippen LogP contribution in [0.5, 0.6) is 11.5 Å². The highest BCUT2D eigenvalue weighted by molar-refractivity contribution is 5.46. The first-order valence-electron chi connectivity index (χ1n) is 6.76. The molecule has 1 aliphatic heterocycles. The van der Waals surface area contributed by atoms with Crippen molar-refractivity contribution < 1.29 is 18.3 Å². The molecule has 0 aliphatic carbocycles. The van der Waals surface area contributed by atoms with E-state index in [4.69, 9.17) is 15.2 Å². The lowest BCUT2D eigenvalue weighted by Gasteiger charge is -2.16. The third kappa shape index (κ3) is 2.69. The van der Waals surface area contributed by atoms with Crippen molar-refractivity contribution in [3.05, 3.63) is 59.2 Å². The Balaban J connectivity index is 1.98. The van der Waals surface area contributed by atoms with Gasteiger partial charge in [0, 0.05) is 12.0 Å². The lowest BCUT2D eigenvalue weighted by molar-refractivity contribution is 0.297. The van der Waals surface area contributed by atoms with Crippen LogP contribution in [-0.4, -0.2) is 13.2 Å². The molecule has 21 heavy (non-hydrogen) atoms. The highest BCUT2D eigenvalue weighted by Gasteiger charge is 2.20. The fourth-order valence-electron chi connectivity index (χ4n) is 2.35. The average molecular weight is 291 g/mol. The first-order chi connectivity index (χ1) is 10.2. The Labute approximate surface area is 121 Å². The molecule has 1 atom stereocenters. The zero-order valence-corrected chi connectivity index (χ0v) is 11.3. The maximum atomic E-state index is 13.8. The van der Waals surface area contributed by atoms with Gasteiger partial charge in [0.25, 0.3) is 0 Å². The third-order valence-electron chi connectivity index (χ3n) is 3.44. The number of nitrogens with two attached hydrogens (primary N) is 1. The van der Waals surface area contributed by atoms with Crippen molar-refractivity contribution in [2.24, 2.45) is 5.73 Å². The second-order valence-corrected chi connectivity index (χ2v) is 4.87. The van der Waals surface area contributed by atoms with Gasteiger partial charge in [0.1, 0.15) is 11.6 Å². The summed E-state index contributed by atoms with van der Waals surface area (Å²) in [6.45, 7) is 1.13. The van der Waals surface area contributed by atoms with Gasteiger partial charge in [-0.3, -0.25) is 0 Å². The fourth-order valence-corrected chi connectivity index (χ4v) is 2.35. The summed E-state index contributed by atoms with van der Waals surface area (Å²) < 4.78 is 38.7. The monoisotopic (exact) mass is 291 g/mol. The second kappa shape index (κ2) is 5.69. The zero-order chi connectivity index (χ0) is 14.8. The summed E-state index contributed by atoms with van der Waals surface area (Å²) in [5, 5.41) is 0. The van der Waals surface area contributed by atoms with E-state index in [0.29, 0.717) is 30.3 Å². The molecule has 1 unspecified atom stereocenters. The molecule has 2 N–H and O–H groups in total. The van der Waals surface area contributed by atoms with Crippen molar-refractivity contribution >= 4 is 0 Å². The molecule has 3 nitrogen and oxygen atoms in total. The lowest BCUT2D eigenvalue weighted by Crippen LogP contribution is -2.15. The SMILES string of the molecule is NC(c1ccc2c(c1)OCCCO2)c1c(F)cccc1F. The Bertz CT molecular complexity index is 640. The van der Waals surface area contributed by atoms with E-state index >= 15 is 0 Å². The van der Waals surface area contributed by atoms with Gasteiger partial charge in [-0.15, -0.1) is 0 Å². The molecule has 3 rings (SSSR count). The molecular formula is C16H15F2NO2. The van der Waals surface area contributed by atoms with Gasteiger partial charge in [-0.2, -0.15) is 0 Å². The Hall–Kier alpha value is -2.14. The largest absolute Gasteiger partial charge is 0.490 e. The van der Waals surface area contributed by atoms with Crippen molar-refractivity contribution in [1.29, 1.82) is 0 Å². The molecule has 0 radical (unpaired) electrons. The second-order valence-electron chi connectivity index (χ2n) is 4.87. The predicted octanol–water partition coefficient (Wildman–Crippen LogP) is 3.17. The minimum atomic E-state index is -0.900. The van der Waals surface area contributed by atoms with Crippen molar-refractivity contribution in [3.8, 4) is 11.5 Å². The maximum Gasteiger partial charge on any atom is 0.161 e. The summed E-state index contributed by atoms with van der Waals surface area (Å²) in [7, 11) is 0. The third-order valence-corrected chi connectivity index (χ3v) is 3.44. The van der Waals surface area contributed by atoms with Crippen LogP contribution in [0.2, 0.25) is 0 Å². The predicted molar refractivity (Wildman–Crippen MR) is 74.4 cm³/mol. The van der Waals surface area contributed by atoms with Crippen LogP contribution in [0.1, 0.15) is 23.6 Å². The van der Waals surface area contributed by atoms with Gasteiger partial charge in [-0.05, 0) is 29.8 Å². The summed E-state index contributed by atoms with van der Waals surface area (Å²) >= 11 is 0. The molecule has 0 saturated carbocycles. The molecule has 0 bridgehead atoms. The molecule has 1 heterocycles. The van der Waals surface area contributed by atoms with Crippen LogP contribution in [-0.2, 0) is 0 Å². The summed E-state index contributed by atoms with van der Waals surface area (Å²) in [5.41, 5.74) is 6.44. The van der Waals surface area contributed by atoms with Gasteiger partial charge in [0.2, 0.25) is 0 Å². The van der Waals surface area contributed by atoms with Crippen LogP contribution < -0.4 is 15.2 Å². The summed E-state index contributed by atoms with van der Waals surface area (Å²) in [4.78, 5) is 0. The molecule has 1 aliphatic rings. The van der Waals surface area contributed by atoms with Gasteiger partial charge in [-0.25, -0.2) is 8.78 Å². The topological polar surface area (TPSA) is 44.5 Å². The van der Waals surface area contributed by atoms with E-state index in [9.17, 15) is 8.78 Å². The van der Waals surface area contributed by atoms with Gasteiger partial charge in [0.15, 0.2) is 11.5 Å². The number of hydrogen-bond acceptors (Lipinski definition) is 3. The van der Waals surface area contributed by atoms with Crippen LogP contribution in [0.15, 0.2) is 36.4 Å². The van der Waals surface area contributed by atoms with E-state index < -0.39 is 17.7 Å². The van der Waals surface area contributed by atoms with E-state index in [-0.39, 0.29) is 5.56 Å². The van der Waals surface area contributed by atoms with Gasteiger partial charge >= 0.3 is 0 Å². The maximum absolute atomic E-state index is 13.8. The van der Waals surface area contributed by atoms with Crippen molar-refractivity contribution in [2.45, 2.75) is 12.5 Å². The van der Waals surface area contributed by atoms with Crippen molar-refractivity contribution in [3.63, 3.8) is 0 Å². The molecular weight excluding hydrogens is 276 g/mol. The van der Waals surface area contributed by atoms with Gasteiger partial charge < -0.3 is 15.2 Å². The van der Waals surface area contributed by atoms with Crippen LogP contribution in [0.4, 0.5) is 8.78 Å². The van der Waals surface area contributed by atoms with Crippen LogP contribution >= 0.6 is 0 Å². The summed E-state index contributed by atoms with van der Waals surface area (Å²) in [6, 6.07) is 7.90. The fraction of sp³-hybridized carbons (Fsp3) is 0.250. The normalized spacial score (nSPS) is 15.4. The number of benzene rings is 2. The molecule has 0 aromatic heterocycles. The zero-order valence-electron chi connectivity index (χ0n) is 11.3. The Kier molecular flexibility index (Phi) is 3.75. The molecule has 0 spiro atoms. The van der Waals surface area contributed by atoms with Crippen LogP contribution in [0, 0.1) is 11.6 Å². The minimum absolute atomic E-state index is 0.146. The molecule has 0 amide bonds. The van der Waals surface area contributed by atoms with E-state index in [1.807, 2.05) is 0 Å². The van der Waals surface area contributed by atoms with E-state index in [1.54, 1.807) is 18.2 Å². The Morgan fingerprint density at radius 2 is 1.62 bits per heavy atom. The number of halogens is 2. The van der Waals surface area contributed by atoms with Gasteiger partial charge in [-0.1, -0.05) is 12.1 Å². The highest BCUT2D eigenvalue weighted by atomic mass is 19.1. The number of fused-ring (bicyclic) bond motifs is 1. The quantitative estimate of drug-likeness (QED) is 0.924. The smallest absolute Gasteiger partial charge is 0.161 e. The molecule has 0 saturated heterocycles. The summed E-state index contributed by atoms with van der Waals surface area (Å²) in [5.74, 6) is -0.140. The molecule has 2 aromatic carbocycles. The van der Waals surface area contributed by atoms with E-state index in [1.165, 1.54) is 18.2 Å². The highest BCUT2D eigenvalue weighted by Crippen LogP contribution is 2.34. The lowest BCUT2D eigenvalue weighted by atomic mass is 9.98. The number of rotatable bonds is 2. The first-order valence-corrected chi connectivity index (χ1v) is 6.76. The van der Waals surface area contributed by atoms with Crippen LogP contribution in [0.25, 0.3) is 0 Å². The molecule has 0 fully saturated rings.